The number of likely N-dealkylation sites (N-methyl/N-ethyl adjacent to an activating group) is 1. The topological polar surface area (TPSA) is 135 Å². The summed E-state index contributed by atoms with van der Waals surface area (Å²) in [5.74, 6) is 2.27. The Morgan fingerprint density at radius 1 is 1.03 bits per heavy atom. The standard InChI is InChI=1S/C26H29N7O2/c1-33(2)9-10-35-24-13-20-22(14-23(24)34-3)31-25(16-5-4-6-18(28)11-16)32-26(20)30-19-7-8-21(29)17(12-19)15-27/h4-8,11-15,27H,9-10,28-29H2,1-3H3,(H,30,31,32). The lowest BCUT2D eigenvalue weighted by Gasteiger charge is -2.16. The number of rotatable bonds is 9. The Hall–Kier alpha value is -4.37. The minimum Gasteiger partial charge on any atom is -0.493 e. The summed E-state index contributed by atoms with van der Waals surface area (Å²) in [6, 6.07) is 16.5. The fourth-order valence-corrected chi connectivity index (χ4v) is 3.56. The molecule has 6 N–H and O–H groups in total. The van der Waals surface area contributed by atoms with Crippen LogP contribution in [0.15, 0.2) is 54.6 Å². The van der Waals surface area contributed by atoms with Crippen molar-refractivity contribution in [2.24, 2.45) is 0 Å². The van der Waals surface area contributed by atoms with Gasteiger partial charge >= 0.3 is 0 Å². The van der Waals surface area contributed by atoms with Crippen LogP contribution in [0.4, 0.5) is 22.9 Å². The summed E-state index contributed by atoms with van der Waals surface area (Å²) in [7, 11) is 5.58. The first-order chi connectivity index (χ1) is 16.9. The molecule has 0 aliphatic heterocycles. The molecule has 180 valence electrons. The van der Waals surface area contributed by atoms with Crippen molar-refractivity contribution >= 4 is 40.0 Å². The van der Waals surface area contributed by atoms with E-state index >= 15 is 0 Å². The number of nitrogens with one attached hydrogen (secondary N) is 2. The van der Waals surface area contributed by atoms with Gasteiger partial charge in [-0.15, -0.1) is 0 Å². The first-order valence-corrected chi connectivity index (χ1v) is 11.1. The number of anilines is 4. The molecule has 1 heterocycles. The zero-order valence-electron chi connectivity index (χ0n) is 20.0. The van der Waals surface area contributed by atoms with E-state index in [-0.39, 0.29) is 0 Å². The minimum atomic E-state index is 0.501. The fraction of sp³-hybridized carbons (Fsp3) is 0.192. The van der Waals surface area contributed by atoms with Gasteiger partial charge in [0.2, 0.25) is 0 Å². The van der Waals surface area contributed by atoms with Crippen molar-refractivity contribution in [2.75, 3.05) is 51.1 Å². The second kappa shape index (κ2) is 10.3. The molecule has 0 spiro atoms. The molecule has 0 amide bonds. The van der Waals surface area contributed by atoms with E-state index < -0.39 is 0 Å². The second-order valence-corrected chi connectivity index (χ2v) is 8.31. The van der Waals surface area contributed by atoms with Gasteiger partial charge in [-0.05, 0) is 50.5 Å². The zero-order valence-corrected chi connectivity index (χ0v) is 20.0. The molecular weight excluding hydrogens is 442 g/mol. The number of hydrogen-bond acceptors (Lipinski definition) is 9. The summed E-state index contributed by atoms with van der Waals surface area (Å²) in [5.41, 5.74) is 15.9. The molecule has 0 atom stereocenters. The van der Waals surface area contributed by atoms with E-state index in [1.165, 1.54) is 6.21 Å². The molecular formula is C26H29N7O2. The van der Waals surface area contributed by atoms with Crippen LogP contribution in [0.2, 0.25) is 0 Å². The number of methoxy groups -OCH3 is 1. The Bertz CT molecular complexity index is 1370. The number of aromatic nitrogens is 2. The Balaban J connectivity index is 1.86. The average Bonchev–Trinajstić information content (AvgIpc) is 2.84. The average molecular weight is 472 g/mol. The number of benzene rings is 3. The van der Waals surface area contributed by atoms with Gasteiger partial charge in [0, 0.05) is 52.4 Å². The number of hydrogen-bond donors (Lipinski definition) is 4. The fourth-order valence-electron chi connectivity index (χ4n) is 3.56. The van der Waals surface area contributed by atoms with Crippen LogP contribution in [-0.2, 0) is 0 Å². The van der Waals surface area contributed by atoms with Gasteiger partial charge in [0.15, 0.2) is 17.3 Å². The van der Waals surface area contributed by atoms with Crippen LogP contribution in [0, 0.1) is 5.41 Å². The van der Waals surface area contributed by atoms with Gasteiger partial charge in [-0.3, -0.25) is 0 Å². The van der Waals surface area contributed by atoms with Gasteiger partial charge in [-0.25, -0.2) is 9.97 Å². The van der Waals surface area contributed by atoms with Crippen LogP contribution in [0.3, 0.4) is 0 Å². The predicted molar refractivity (Wildman–Crippen MR) is 142 cm³/mol. The molecule has 0 aliphatic carbocycles. The minimum absolute atomic E-state index is 0.501. The highest BCUT2D eigenvalue weighted by molar-refractivity contribution is 5.95. The van der Waals surface area contributed by atoms with Crippen molar-refractivity contribution in [1.29, 1.82) is 5.41 Å². The molecule has 0 fully saturated rings. The summed E-state index contributed by atoms with van der Waals surface area (Å²) in [5, 5.41) is 11.7. The lowest BCUT2D eigenvalue weighted by atomic mass is 10.1. The third-order valence-corrected chi connectivity index (χ3v) is 5.43. The largest absolute Gasteiger partial charge is 0.493 e. The molecule has 3 aromatic carbocycles. The number of nitrogen functional groups attached to an aromatic ring is 2. The number of fused-ring (bicyclic) bond motifs is 1. The van der Waals surface area contributed by atoms with Crippen LogP contribution in [0.1, 0.15) is 5.56 Å². The SMILES string of the molecule is COc1cc2nc(-c3cccc(N)c3)nc(Nc3ccc(N)c(C=N)c3)c2cc1OCCN(C)C. The highest BCUT2D eigenvalue weighted by Gasteiger charge is 2.16. The van der Waals surface area contributed by atoms with Crippen molar-refractivity contribution in [3.8, 4) is 22.9 Å². The maximum absolute atomic E-state index is 7.62. The molecule has 0 unspecified atom stereocenters. The van der Waals surface area contributed by atoms with Gasteiger partial charge in [0.05, 0.1) is 12.6 Å². The molecule has 4 rings (SSSR count). The smallest absolute Gasteiger partial charge is 0.162 e. The summed E-state index contributed by atoms with van der Waals surface area (Å²) in [6.45, 7) is 1.26. The molecule has 0 radical (unpaired) electrons. The summed E-state index contributed by atoms with van der Waals surface area (Å²) in [6.07, 6.45) is 1.22. The normalized spacial score (nSPS) is 11.0. The molecule has 0 aliphatic rings. The van der Waals surface area contributed by atoms with Crippen LogP contribution in [0.5, 0.6) is 11.5 Å². The number of ether oxygens (including phenoxy) is 2. The first kappa shape index (κ1) is 23.8. The molecule has 0 saturated heterocycles. The molecule has 9 nitrogen and oxygen atoms in total. The van der Waals surface area contributed by atoms with E-state index in [0.717, 1.165) is 23.2 Å². The molecule has 9 heteroatoms. The maximum atomic E-state index is 7.62. The van der Waals surface area contributed by atoms with Gasteiger partial charge < -0.3 is 36.6 Å². The lowest BCUT2D eigenvalue weighted by Crippen LogP contribution is -2.19. The van der Waals surface area contributed by atoms with E-state index in [4.69, 9.17) is 36.3 Å². The highest BCUT2D eigenvalue weighted by Crippen LogP contribution is 2.36. The monoisotopic (exact) mass is 471 g/mol. The molecule has 0 bridgehead atoms. The summed E-state index contributed by atoms with van der Waals surface area (Å²) >= 11 is 0. The summed E-state index contributed by atoms with van der Waals surface area (Å²) in [4.78, 5) is 11.7. The maximum Gasteiger partial charge on any atom is 0.162 e. The van der Waals surface area contributed by atoms with Gasteiger partial charge in [0.1, 0.15) is 12.4 Å². The Kier molecular flexibility index (Phi) is 6.98. The quantitative estimate of drug-likeness (QED) is 0.211. The molecule has 4 aromatic rings. The lowest BCUT2D eigenvalue weighted by molar-refractivity contribution is 0.251. The van der Waals surface area contributed by atoms with Crippen molar-refractivity contribution in [2.45, 2.75) is 0 Å². The zero-order chi connectivity index (χ0) is 24.9. The Morgan fingerprint density at radius 3 is 2.57 bits per heavy atom. The number of nitrogens with two attached hydrogens (primary N) is 2. The first-order valence-electron chi connectivity index (χ1n) is 11.1. The Morgan fingerprint density at radius 2 is 1.86 bits per heavy atom. The third kappa shape index (κ3) is 5.42. The van der Waals surface area contributed by atoms with E-state index in [1.807, 2.05) is 61.5 Å². The Labute approximate surface area is 204 Å². The molecule has 0 saturated carbocycles. The molecule has 35 heavy (non-hydrogen) atoms. The van der Waals surface area contributed by atoms with Gasteiger partial charge in [-0.2, -0.15) is 0 Å². The van der Waals surface area contributed by atoms with E-state index in [0.29, 0.717) is 52.2 Å². The van der Waals surface area contributed by atoms with E-state index in [1.54, 1.807) is 19.2 Å². The van der Waals surface area contributed by atoms with Crippen LogP contribution < -0.4 is 26.3 Å². The van der Waals surface area contributed by atoms with E-state index in [2.05, 4.69) is 5.32 Å². The van der Waals surface area contributed by atoms with Crippen LogP contribution in [-0.4, -0.2) is 55.4 Å². The number of nitrogens with zero attached hydrogens (tertiary/aromatic N) is 3. The second-order valence-electron chi connectivity index (χ2n) is 8.31. The predicted octanol–water partition coefficient (Wildman–Crippen LogP) is 4.15. The van der Waals surface area contributed by atoms with Crippen molar-refractivity contribution in [1.82, 2.24) is 14.9 Å². The van der Waals surface area contributed by atoms with Crippen molar-refractivity contribution in [3.63, 3.8) is 0 Å². The third-order valence-electron chi connectivity index (χ3n) is 5.43. The molecule has 1 aromatic heterocycles. The highest BCUT2D eigenvalue weighted by atomic mass is 16.5. The van der Waals surface area contributed by atoms with Crippen molar-refractivity contribution in [3.05, 3.63) is 60.2 Å². The van der Waals surface area contributed by atoms with Crippen molar-refractivity contribution < 1.29 is 9.47 Å². The summed E-state index contributed by atoms with van der Waals surface area (Å²) < 4.78 is 11.6. The van der Waals surface area contributed by atoms with Gasteiger partial charge in [-0.1, -0.05) is 12.1 Å². The van der Waals surface area contributed by atoms with Crippen LogP contribution >= 0.6 is 0 Å². The van der Waals surface area contributed by atoms with Gasteiger partial charge in [0.25, 0.3) is 0 Å². The van der Waals surface area contributed by atoms with E-state index in [9.17, 15) is 0 Å². The van der Waals surface area contributed by atoms with Crippen LogP contribution in [0.25, 0.3) is 22.3 Å².